The Morgan fingerprint density at radius 3 is 2.74 bits per heavy atom. The van der Waals surface area contributed by atoms with Crippen molar-refractivity contribution in [2.75, 3.05) is 33.9 Å². The Hall–Kier alpha value is -0.300. The lowest BCUT2D eigenvalue weighted by Crippen LogP contribution is -2.38. The highest BCUT2D eigenvalue weighted by Crippen LogP contribution is 2.19. The minimum atomic E-state index is 0. The molecule has 1 rings (SSSR count). The van der Waals surface area contributed by atoms with Crippen LogP contribution in [0.5, 0.6) is 0 Å². The number of ether oxygens (including phenoxy) is 1. The van der Waals surface area contributed by atoms with Crippen molar-refractivity contribution in [1.82, 2.24) is 10.6 Å². The molecule has 1 aliphatic carbocycles. The minimum absolute atomic E-state index is 0. The molecule has 2 N–H and O–H groups in total. The summed E-state index contributed by atoms with van der Waals surface area (Å²) in [4.78, 5) is 4.20. The highest BCUT2D eigenvalue weighted by molar-refractivity contribution is 14.0. The second-order valence-electron chi connectivity index (χ2n) is 4.63. The first-order valence-electron chi connectivity index (χ1n) is 6.98. The SMILES string of the molecule is CN=C(NCCCOC)NCCC1=CCCCC1.I. The smallest absolute Gasteiger partial charge is 0.190 e. The predicted molar refractivity (Wildman–Crippen MR) is 92.4 cm³/mol. The summed E-state index contributed by atoms with van der Waals surface area (Å²) in [5.41, 5.74) is 1.60. The summed E-state index contributed by atoms with van der Waals surface area (Å²) in [5, 5.41) is 6.63. The highest BCUT2D eigenvalue weighted by Gasteiger charge is 2.03. The largest absolute Gasteiger partial charge is 0.385 e. The molecule has 0 amide bonds. The third kappa shape index (κ3) is 9.27. The van der Waals surface area contributed by atoms with E-state index in [2.05, 4.69) is 21.7 Å². The van der Waals surface area contributed by atoms with E-state index >= 15 is 0 Å². The fraction of sp³-hybridized carbons (Fsp3) is 0.786. The lowest BCUT2D eigenvalue weighted by molar-refractivity contribution is 0.195. The third-order valence-electron chi connectivity index (χ3n) is 3.16. The van der Waals surface area contributed by atoms with E-state index in [0.29, 0.717) is 0 Å². The topological polar surface area (TPSA) is 45.7 Å². The number of guanidine groups is 1. The van der Waals surface area contributed by atoms with Gasteiger partial charge in [-0.25, -0.2) is 0 Å². The molecule has 0 atom stereocenters. The maximum atomic E-state index is 5.01. The van der Waals surface area contributed by atoms with Gasteiger partial charge in [-0.15, -0.1) is 24.0 Å². The zero-order valence-electron chi connectivity index (χ0n) is 12.2. The van der Waals surface area contributed by atoms with E-state index in [4.69, 9.17) is 4.74 Å². The van der Waals surface area contributed by atoms with Gasteiger partial charge < -0.3 is 15.4 Å². The summed E-state index contributed by atoms with van der Waals surface area (Å²) in [7, 11) is 3.54. The first kappa shape index (κ1) is 18.7. The zero-order valence-corrected chi connectivity index (χ0v) is 14.5. The molecule has 0 aromatic heterocycles. The second kappa shape index (κ2) is 12.7. The van der Waals surface area contributed by atoms with Crippen molar-refractivity contribution >= 4 is 29.9 Å². The number of rotatable bonds is 7. The summed E-state index contributed by atoms with van der Waals surface area (Å²) in [6, 6.07) is 0. The van der Waals surface area contributed by atoms with Gasteiger partial charge in [-0.05, 0) is 38.5 Å². The number of nitrogens with one attached hydrogen (secondary N) is 2. The minimum Gasteiger partial charge on any atom is -0.385 e. The number of aliphatic imine (C=N–C) groups is 1. The van der Waals surface area contributed by atoms with Crippen molar-refractivity contribution in [2.45, 2.75) is 38.5 Å². The number of halogens is 1. The van der Waals surface area contributed by atoms with Crippen molar-refractivity contribution in [3.05, 3.63) is 11.6 Å². The van der Waals surface area contributed by atoms with E-state index < -0.39 is 0 Å². The van der Waals surface area contributed by atoms with Gasteiger partial charge in [0, 0.05) is 33.9 Å². The molecule has 112 valence electrons. The van der Waals surface area contributed by atoms with Gasteiger partial charge in [0.2, 0.25) is 0 Å². The fourth-order valence-electron chi connectivity index (χ4n) is 2.12. The van der Waals surface area contributed by atoms with E-state index in [1.165, 1.54) is 25.7 Å². The third-order valence-corrected chi connectivity index (χ3v) is 3.16. The molecule has 0 saturated heterocycles. The Morgan fingerprint density at radius 1 is 1.32 bits per heavy atom. The molecule has 0 saturated carbocycles. The Kier molecular flexibility index (Phi) is 12.5. The van der Waals surface area contributed by atoms with Crippen LogP contribution in [0.4, 0.5) is 0 Å². The monoisotopic (exact) mass is 381 g/mol. The molecule has 0 heterocycles. The first-order valence-corrected chi connectivity index (χ1v) is 6.98. The predicted octanol–water partition coefficient (Wildman–Crippen LogP) is 2.70. The number of hydrogen-bond donors (Lipinski definition) is 2. The van der Waals surface area contributed by atoms with E-state index in [-0.39, 0.29) is 24.0 Å². The molecule has 0 aromatic rings. The van der Waals surface area contributed by atoms with Crippen molar-refractivity contribution < 1.29 is 4.74 Å². The van der Waals surface area contributed by atoms with Gasteiger partial charge in [-0.2, -0.15) is 0 Å². The number of methoxy groups -OCH3 is 1. The number of allylic oxidation sites excluding steroid dienone is 1. The van der Waals surface area contributed by atoms with Crippen LogP contribution in [0, 0.1) is 0 Å². The van der Waals surface area contributed by atoms with Crippen LogP contribution in [0.1, 0.15) is 38.5 Å². The number of hydrogen-bond acceptors (Lipinski definition) is 2. The van der Waals surface area contributed by atoms with Crippen LogP contribution in [0.3, 0.4) is 0 Å². The standard InChI is InChI=1S/C14H27N3O.HI/c1-15-14(16-10-6-12-18-2)17-11-9-13-7-4-3-5-8-13;/h7H,3-6,8-12H2,1-2H3,(H2,15,16,17);1H. The summed E-state index contributed by atoms with van der Waals surface area (Å²) in [5.74, 6) is 0.891. The normalized spacial score (nSPS) is 15.5. The van der Waals surface area contributed by atoms with Crippen LogP contribution in [0.15, 0.2) is 16.6 Å². The molecule has 0 unspecified atom stereocenters. The Balaban J connectivity index is 0.00000324. The van der Waals surface area contributed by atoms with Crippen molar-refractivity contribution in [2.24, 2.45) is 4.99 Å². The van der Waals surface area contributed by atoms with Gasteiger partial charge >= 0.3 is 0 Å². The average Bonchev–Trinajstić information content (AvgIpc) is 2.42. The van der Waals surface area contributed by atoms with Crippen LogP contribution in [0.2, 0.25) is 0 Å². The van der Waals surface area contributed by atoms with E-state index in [0.717, 1.165) is 38.5 Å². The molecule has 4 nitrogen and oxygen atoms in total. The lowest BCUT2D eigenvalue weighted by Gasteiger charge is -2.15. The van der Waals surface area contributed by atoms with Gasteiger partial charge in [-0.1, -0.05) is 11.6 Å². The maximum absolute atomic E-state index is 5.01. The molecule has 0 bridgehead atoms. The van der Waals surface area contributed by atoms with Crippen molar-refractivity contribution in [3.63, 3.8) is 0 Å². The molecular formula is C14H28IN3O. The van der Waals surface area contributed by atoms with Crippen LogP contribution < -0.4 is 10.6 Å². The molecular weight excluding hydrogens is 353 g/mol. The van der Waals surface area contributed by atoms with Crippen molar-refractivity contribution in [1.29, 1.82) is 0 Å². The van der Waals surface area contributed by atoms with E-state index in [9.17, 15) is 0 Å². The van der Waals surface area contributed by atoms with E-state index in [1.54, 1.807) is 12.7 Å². The van der Waals surface area contributed by atoms with Gasteiger partial charge in [0.05, 0.1) is 0 Å². The van der Waals surface area contributed by atoms with E-state index in [1.807, 2.05) is 7.05 Å². The van der Waals surface area contributed by atoms with Gasteiger partial charge in [-0.3, -0.25) is 4.99 Å². The summed E-state index contributed by atoms with van der Waals surface area (Å²) >= 11 is 0. The molecule has 0 spiro atoms. The van der Waals surface area contributed by atoms with Crippen LogP contribution in [-0.4, -0.2) is 39.8 Å². The molecule has 0 aliphatic heterocycles. The van der Waals surface area contributed by atoms with Crippen LogP contribution in [-0.2, 0) is 4.74 Å². The summed E-state index contributed by atoms with van der Waals surface area (Å²) in [6.07, 6.45) is 9.80. The second-order valence-corrected chi connectivity index (χ2v) is 4.63. The van der Waals surface area contributed by atoms with Crippen LogP contribution >= 0.6 is 24.0 Å². The Bertz CT molecular complexity index is 280. The maximum Gasteiger partial charge on any atom is 0.190 e. The van der Waals surface area contributed by atoms with Crippen molar-refractivity contribution in [3.8, 4) is 0 Å². The first-order chi connectivity index (χ1) is 8.86. The molecule has 0 aromatic carbocycles. The summed E-state index contributed by atoms with van der Waals surface area (Å²) in [6.45, 7) is 2.66. The molecule has 0 fully saturated rings. The molecule has 19 heavy (non-hydrogen) atoms. The highest BCUT2D eigenvalue weighted by atomic mass is 127. The molecule has 5 heteroatoms. The fourth-order valence-corrected chi connectivity index (χ4v) is 2.12. The summed E-state index contributed by atoms with van der Waals surface area (Å²) < 4.78 is 5.01. The average molecular weight is 381 g/mol. The molecule has 1 aliphatic rings. The van der Waals surface area contributed by atoms with Crippen LogP contribution in [0.25, 0.3) is 0 Å². The number of nitrogens with zero attached hydrogens (tertiary/aromatic N) is 1. The van der Waals surface area contributed by atoms with Gasteiger partial charge in [0.15, 0.2) is 5.96 Å². The van der Waals surface area contributed by atoms with Gasteiger partial charge in [0.1, 0.15) is 0 Å². The zero-order chi connectivity index (χ0) is 13.1. The van der Waals surface area contributed by atoms with Gasteiger partial charge in [0.25, 0.3) is 0 Å². The Labute approximate surface area is 134 Å². The lowest BCUT2D eigenvalue weighted by atomic mass is 9.97. The Morgan fingerprint density at radius 2 is 2.11 bits per heavy atom. The quantitative estimate of drug-likeness (QED) is 0.234. The molecule has 0 radical (unpaired) electrons.